The predicted octanol–water partition coefficient (Wildman–Crippen LogP) is 2.78. The van der Waals surface area contributed by atoms with E-state index in [0.29, 0.717) is 29.5 Å². The van der Waals surface area contributed by atoms with Crippen LogP contribution in [0.2, 0.25) is 0 Å². The second kappa shape index (κ2) is 8.64. The molecule has 0 spiro atoms. The lowest BCUT2D eigenvalue weighted by Crippen LogP contribution is -2.60. The summed E-state index contributed by atoms with van der Waals surface area (Å²) in [4.78, 5) is 43.2. The molecule has 2 fully saturated rings. The van der Waals surface area contributed by atoms with Crippen LogP contribution in [0.4, 0.5) is 4.39 Å². The minimum Gasteiger partial charge on any atom is -0.367 e. The van der Waals surface area contributed by atoms with Crippen LogP contribution in [0.25, 0.3) is 10.2 Å². The first-order chi connectivity index (χ1) is 15.9. The summed E-state index contributed by atoms with van der Waals surface area (Å²) in [6.45, 7) is -0.0202. The maximum atomic E-state index is 13.4. The summed E-state index contributed by atoms with van der Waals surface area (Å²) < 4.78 is 19.9. The number of carbonyl (C=O) groups excluding carboxylic acids is 3. The Morgan fingerprint density at radius 1 is 1.24 bits per heavy atom. The Hall–Kier alpha value is -3.17. The molecular formula is C24H22FN3O4S. The van der Waals surface area contributed by atoms with Crippen molar-refractivity contribution in [3.63, 3.8) is 0 Å². The third kappa shape index (κ3) is 4.14. The van der Waals surface area contributed by atoms with Gasteiger partial charge in [0.1, 0.15) is 24.0 Å². The van der Waals surface area contributed by atoms with Crippen LogP contribution in [0.1, 0.15) is 35.2 Å². The van der Waals surface area contributed by atoms with E-state index < -0.39 is 23.4 Å². The van der Waals surface area contributed by atoms with Crippen molar-refractivity contribution in [3.8, 4) is 0 Å². The fourth-order valence-electron chi connectivity index (χ4n) is 4.65. The molecule has 0 radical (unpaired) electrons. The average molecular weight is 468 g/mol. The van der Waals surface area contributed by atoms with Crippen molar-refractivity contribution in [1.82, 2.24) is 15.6 Å². The minimum atomic E-state index is -1.04. The minimum absolute atomic E-state index is 0.0202. The molecule has 1 aliphatic carbocycles. The summed E-state index contributed by atoms with van der Waals surface area (Å²) in [5, 5.41) is 5.70. The van der Waals surface area contributed by atoms with Crippen molar-refractivity contribution in [2.75, 3.05) is 6.61 Å². The number of amides is 2. The summed E-state index contributed by atoms with van der Waals surface area (Å²) in [6.07, 6.45) is 1.80. The van der Waals surface area contributed by atoms with Crippen LogP contribution in [-0.4, -0.2) is 46.9 Å². The molecule has 3 aromatic rings. The second-order valence-corrected chi connectivity index (χ2v) is 9.35. The molecule has 3 atom stereocenters. The van der Waals surface area contributed by atoms with Crippen molar-refractivity contribution in [2.24, 2.45) is 0 Å². The third-order valence-corrected chi connectivity index (χ3v) is 7.22. The number of nitrogens with zero attached hydrogens (tertiary/aromatic N) is 1. The maximum absolute atomic E-state index is 13.4. The molecular weight excluding hydrogens is 445 g/mol. The van der Waals surface area contributed by atoms with Crippen LogP contribution < -0.4 is 10.6 Å². The Morgan fingerprint density at radius 2 is 2.06 bits per heavy atom. The van der Waals surface area contributed by atoms with E-state index in [-0.39, 0.29) is 30.7 Å². The first-order valence-electron chi connectivity index (χ1n) is 10.8. The van der Waals surface area contributed by atoms with Gasteiger partial charge in [0.05, 0.1) is 21.8 Å². The smallest absolute Gasteiger partial charge is 0.252 e. The zero-order valence-electron chi connectivity index (χ0n) is 17.7. The topological polar surface area (TPSA) is 97.4 Å². The molecule has 170 valence electrons. The number of ether oxygens (including phenoxy) is 1. The Morgan fingerprint density at radius 3 is 2.88 bits per heavy atom. The molecule has 2 N–H and O–H groups in total. The van der Waals surface area contributed by atoms with E-state index in [1.807, 2.05) is 6.07 Å². The Bertz CT molecular complexity index is 1230. The zero-order chi connectivity index (χ0) is 23.0. The Labute approximate surface area is 193 Å². The largest absolute Gasteiger partial charge is 0.367 e. The van der Waals surface area contributed by atoms with E-state index >= 15 is 0 Å². The fraction of sp³-hybridized carbons (Fsp3) is 0.333. The average Bonchev–Trinajstić information content (AvgIpc) is 3.51. The predicted molar refractivity (Wildman–Crippen MR) is 120 cm³/mol. The van der Waals surface area contributed by atoms with Gasteiger partial charge in [-0.1, -0.05) is 12.1 Å². The van der Waals surface area contributed by atoms with Crippen LogP contribution in [-0.2, 0) is 20.7 Å². The molecule has 7 nitrogen and oxygen atoms in total. The lowest BCUT2D eigenvalue weighted by molar-refractivity contribution is -0.131. The molecule has 9 heteroatoms. The molecule has 1 saturated heterocycles. The summed E-state index contributed by atoms with van der Waals surface area (Å²) in [5.41, 5.74) is 2.43. The number of hydrogen-bond acceptors (Lipinski definition) is 6. The van der Waals surface area contributed by atoms with Crippen molar-refractivity contribution in [1.29, 1.82) is 0 Å². The highest BCUT2D eigenvalue weighted by atomic mass is 32.1. The molecule has 3 unspecified atom stereocenters. The molecule has 33 heavy (non-hydrogen) atoms. The molecule has 0 bridgehead atoms. The highest BCUT2D eigenvalue weighted by Crippen LogP contribution is 2.37. The Kier molecular flexibility index (Phi) is 5.67. The number of halogens is 1. The number of thiazole rings is 1. The van der Waals surface area contributed by atoms with E-state index in [9.17, 15) is 18.8 Å². The van der Waals surface area contributed by atoms with Crippen LogP contribution >= 0.6 is 11.3 Å². The van der Waals surface area contributed by atoms with E-state index in [1.54, 1.807) is 29.8 Å². The van der Waals surface area contributed by atoms with Gasteiger partial charge < -0.3 is 15.4 Å². The summed E-state index contributed by atoms with van der Waals surface area (Å²) in [6, 6.07) is 9.97. The number of aromatic nitrogens is 1. The van der Waals surface area contributed by atoms with Gasteiger partial charge in [0.25, 0.3) is 5.91 Å². The molecule has 2 amide bonds. The van der Waals surface area contributed by atoms with Crippen molar-refractivity contribution in [2.45, 2.75) is 43.4 Å². The van der Waals surface area contributed by atoms with Crippen molar-refractivity contribution < 1.29 is 23.5 Å². The SMILES string of the molecule is O=C(NC(Cc1ccc(F)cc1)C(=O)NC12CCCC1OCC2=O)c1ccc2scnc2c1. The standard InChI is InChI=1S/C24H22FN3O4S/c25-16-6-3-14(4-7-16)10-18(23(31)28-24-9-1-2-21(24)32-12-20(24)29)27-22(30)15-5-8-19-17(11-15)26-13-33-19/h3-8,11,13,18,21H,1-2,9-10,12H2,(H,27,30)(H,28,31). The number of rotatable bonds is 6. The van der Waals surface area contributed by atoms with Gasteiger partial charge >= 0.3 is 0 Å². The highest BCUT2D eigenvalue weighted by molar-refractivity contribution is 7.16. The van der Waals surface area contributed by atoms with Crippen LogP contribution in [0.5, 0.6) is 0 Å². The van der Waals surface area contributed by atoms with Crippen LogP contribution in [0.3, 0.4) is 0 Å². The fourth-order valence-corrected chi connectivity index (χ4v) is 5.31. The van der Waals surface area contributed by atoms with Crippen LogP contribution in [0.15, 0.2) is 48.0 Å². The quantitative estimate of drug-likeness (QED) is 0.581. The number of carbonyl (C=O) groups is 3. The van der Waals surface area contributed by atoms with Gasteiger partial charge in [-0.25, -0.2) is 9.37 Å². The molecule has 1 saturated carbocycles. The van der Waals surface area contributed by atoms with E-state index in [4.69, 9.17) is 4.74 Å². The highest BCUT2D eigenvalue weighted by Gasteiger charge is 2.55. The molecule has 2 aromatic carbocycles. The van der Waals surface area contributed by atoms with Gasteiger partial charge in [-0.05, 0) is 55.2 Å². The molecule has 2 aliphatic rings. The number of ketones is 1. The number of Topliss-reactive ketones (excluding diaryl/α,β-unsaturated/α-hetero) is 1. The van der Waals surface area contributed by atoms with Crippen molar-refractivity contribution >= 4 is 39.2 Å². The normalized spacial score (nSPS) is 22.8. The van der Waals surface area contributed by atoms with Gasteiger partial charge in [0, 0.05) is 12.0 Å². The summed E-state index contributed by atoms with van der Waals surface area (Å²) in [5.74, 6) is -1.42. The molecule has 2 heterocycles. The van der Waals surface area contributed by atoms with Gasteiger partial charge in [0.15, 0.2) is 5.78 Å². The molecule has 1 aliphatic heterocycles. The zero-order valence-corrected chi connectivity index (χ0v) is 18.5. The number of hydrogen-bond donors (Lipinski definition) is 2. The lowest BCUT2D eigenvalue weighted by atomic mass is 9.91. The number of fused-ring (bicyclic) bond motifs is 2. The summed E-state index contributed by atoms with van der Waals surface area (Å²) in [7, 11) is 0. The second-order valence-electron chi connectivity index (χ2n) is 8.47. The lowest BCUT2D eigenvalue weighted by Gasteiger charge is -2.30. The first kappa shape index (κ1) is 21.7. The van der Waals surface area contributed by atoms with E-state index in [2.05, 4.69) is 15.6 Å². The monoisotopic (exact) mass is 467 g/mol. The number of benzene rings is 2. The summed E-state index contributed by atoms with van der Waals surface area (Å²) >= 11 is 1.47. The van der Waals surface area contributed by atoms with Gasteiger partial charge in [-0.2, -0.15) is 0 Å². The number of nitrogens with one attached hydrogen (secondary N) is 2. The van der Waals surface area contributed by atoms with E-state index in [1.165, 1.54) is 23.5 Å². The molecule has 1 aromatic heterocycles. The van der Waals surface area contributed by atoms with Crippen LogP contribution in [0, 0.1) is 5.82 Å². The third-order valence-electron chi connectivity index (χ3n) is 6.41. The maximum Gasteiger partial charge on any atom is 0.252 e. The van der Waals surface area contributed by atoms with Gasteiger partial charge in [-0.15, -0.1) is 11.3 Å². The molecule has 5 rings (SSSR count). The van der Waals surface area contributed by atoms with Gasteiger partial charge in [-0.3, -0.25) is 14.4 Å². The van der Waals surface area contributed by atoms with E-state index in [0.717, 1.165) is 11.1 Å². The Balaban J connectivity index is 1.39. The van der Waals surface area contributed by atoms with Crippen molar-refractivity contribution in [3.05, 3.63) is 64.9 Å². The first-order valence-corrected chi connectivity index (χ1v) is 11.7. The van der Waals surface area contributed by atoms with Gasteiger partial charge in [0.2, 0.25) is 5.91 Å².